The van der Waals surface area contributed by atoms with Gasteiger partial charge in [-0.15, -0.1) is 0 Å². The fourth-order valence-electron chi connectivity index (χ4n) is 5.52. The molecule has 1 unspecified atom stereocenters. The first-order valence-electron chi connectivity index (χ1n) is 12.4. The first-order valence-corrected chi connectivity index (χ1v) is 13.3. The van der Waals surface area contributed by atoms with E-state index in [1.54, 1.807) is 0 Å². The lowest BCUT2D eigenvalue weighted by Crippen LogP contribution is -2.48. The van der Waals surface area contributed by atoms with Gasteiger partial charge < -0.3 is 20.2 Å². The summed E-state index contributed by atoms with van der Waals surface area (Å²) in [5.41, 5.74) is 0.797. The summed E-state index contributed by atoms with van der Waals surface area (Å²) in [6.07, 6.45) is 3.01. The summed E-state index contributed by atoms with van der Waals surface area (Å²) in [7, 11) is 0. The van der Waals surface area contributed by atoms with Crippen molar-refractivity contribution >= 4 is 45.8 Å². The van der Waals surface area contributed by atoms with Gasteiger partial charge in [0, 0.05) is 47.5 Å². The van der Waals surface area contributed by atoms with Crippen LogP contribution in [0.4, 0.5) is 27.8 Å². The number of halogens is 1. The van der Waals surface area contributed by atoms with Crippen LogP contribution in [0, 0.1) is 5.92 Å². The highest BCUT2D eigenvalue weighted by Crippen LogP contribution is 2.51. The Morgan fingerprint density at radius 3 is 2.86 bits per heavy atom. The molecule has 3 aliphatic rings. The maximum Gasteiger partial charge on any atom is 0.459 e. The predicted octanol–water partition coefficient (Wildman–Crippen LogP) is 3.20. The van der Waals surface area contributed by atoms with Crippen LogP contribution >= 0.6 is 0 Å². The number of pyridine rings is 1. The van der Waals surface area contributed by atoms with Gasteiger partial charge in [0.15, 0.2) is 5.67 Å². The maximum atomic E-state index is 14.7. The molecule has 1 aromatic carbocycles. The predicted molar refractivity (Wildman–Crippen MR) is 138 cm³/mol. The number of aliphatic hydroxyl groups excluding tert-OH is 1. The molecular weight excluding hydrogens is 481 g/mol. The van der Waals surface area contributed by atoms with Crippen molar-refractivity contribution in [2.45, 2.75) is 50.4 Å². The van der Waals surface area contributed by atoms with Crippen molar-refractivity contribution in [2.24, 2.45) is 5.92 Å². The number of nitrogens with zero attached hydrogens (tertiary/aromatic N) is 6. The van der Waals surface area contributed by atoms with E-state index in [1.165, 1.54) is 11.9 Å². The number of rotatable bonds is 7. The molecular formula is C25H29FN7O2S+. The molecule has 4 heterocycles. The van der Waals surface area contributed by atoms with E-state index >= 15 is 0 Å². The third kappa shape index (κ3) is 3.94. The highest BCUT2D eigenvalue weighted by Gasteiger charge is 2.65. The van der Waals surface area contributed by atoms with Gasteiger partial charge >= 0.3 is 11.7 Å². The molecule has 1 aliphatic carbocycles. The van der Waals surface area contributed by atoms with Gasteiger partial charge in [-0.2, -0.15) is 4.98 Å². The number of alkyl halides is 1. The number of hydrogen-bond acceptors (Lipinski definition) is 9. The number of piperidine rings is 1. The third-order valence-electron chi connectivity index (χ3n) is 7.66. The first-order chi connectivity index (χ1) is 17.4. The third-order valence-corrected chi connectivity index (χ3v) is 8.27. The number of hydrogen-bond donors (Lipinski definition) is 2. The number of anilines is 4. The van der Waals surface area contributed by atoms with Crippen LogP contribution in [-0.2, 0) is 15.9 Å². The Labute approximate surface area is 212 Å². The second-order valence-corrected chi connectivity index (χ2v) is 10.9. The quantitative estimate of drug-likeness (QED) is 0.463. The molecule has 0 bridgehead atoms. The van der Waals surface area contributed by atoms with Gasteiger partial charge in [0.2, 0.25) is 17.6 Å². The Hall–Kier alpha value is -3.05. The highest BCUT2D eigenvalue weighted by molar-refractivity contribution is 7.65. The molecule has 2 saturated heterocycles. The molecule has 3 aromatic rings. The summed E-state index contributed by atoms with van der Waals surface area (Å²) in [5.74, 6) is 2.76. The summed E-state index contributed by atoms with van der Waals surface area (Å²) in [4.78, 5) is 21.8. The van der Waals surface area contributed by atoms with Crippen LogP contribution in [0.2, 0.25) is 0 Å². The van der Waals surface area contributed by atoms with Crippen LogP contribution in [-0.4, -0.2) is 68.2 Å². The Morgan fingerprint density at radius 1 is 1.25 bits per heavy atom. The Bertz CT molecular complexity index is 1320. The van der Waals surface area contributed by atoms with E-state index < -0.39 is 17.8 Å². The van der Waals surface area contributed by atoms with E-state index in [0.717, 1.165) is 29.5 Å². The van der Waals surface area contributed by atoms with Crippen molar-refractivity contribution in [3.63, 3.8) is 0 Å². The molecule has 3 atom stereocenters. The lowest BCUT2D eigenvalue weighted by Gasteiger charge is -2.39. The van der Waals surface area contributed by atoms with Crippen molar-refractivity contribution in [3.05, 3.63) is 36.3 Å². The normalized spacial score (nSPS) is 25.6. The van der Waals surface area contributed by atoms with E-state index in [-0.39, 0.29) is 0 Å². The molecule has 6 rings (SSSR count). The van der Waals surface area contributed by atoms with Gasteiger partial charge in [0.1, 0.15) is 12.1 Å². The zero-order valence-corrected chi connectivity index (χ0v) is 21.1. The molecule has 1 saturated carbocycles. The van der Waals surface area contributed by atoms with Crippen LogP contribution in [0.5, 0.6) is 0 Å². The molecule has 9 nitrogen and oxygen atoms in total. The van der Waals surface area contributed by atoms with Crippen molar-refractivity contribution in [1.29, 1.82) is 0 Å². The summed E-state index contributed by atoms with van der Waals surface area (Å²) in [5, 5.41) is 15.3. The summed E-state index contributed by atoms with van der Waals surface area (Å²) < 4.78 is 25.6. The van der Waals surface area contributed by atoms with Crippen LogP contribution in [0.3, 0.4) is 0 Å². The van der Waals surface area contributed by atoms with E-state index in [2.05, 4.69) is 56.1 Å². The molecule has 11 heteroatoms. The lowest BCUT2D eigenvalue weighted by atomic mass is 9.93. The fourth-order valence-corrected chi connectivity index (χ4v) is 5.93. The highest BCUT2D eigenvalue weighted by atomic mass is 32.1. The first kappa shape index (κ1) is 23.4. The van der Waals surface area contributed by atoms with Gasteiger partial charge in [-0.05, 0) is 35.4 Å². The van der Waals surface area contributed by atoms with Crippen molar-refractivity contribution in [3.8, 4) is 0 Å². The summed E-state index contributed by atoms with van der Waals surface area (Å²) >= 11 is 0.662. The molecule has 0 spiro atoms. The standard InChI is InChI=1S/C25H29FN7O2S/c1-14(2)16-3-4-19(32-10-15(11-32)12-36-35)18-9-27-22(7-17(16)18)30-23-28-13-29-24(31-23)33-6-5-21(34)25(26)8-20(25)33/h3-4,7,9,13-15,20-21,34H,5-6,8,10-12H2,1-2H3,(H,27,28,29,30,31)/q+1/t20?,21-,25+/m1/s1. The zero-order valence-electron chi connectivity index (χ0n) is 20.3. The van der Waals surface area contributed by atoms with E-state index in [1.807, 2.05) is 17.2 Å². The van der Waals surface area contributed by atoms with Crippen LogP contribution in [0.1, 0.15) is 38.2 Å². The Balaban J connectivity index is 1.27. The second-order valence-electron chi connectivity index (χ2n) is 10.4. The lowest BCUT2D eigenvalue weighted by molar-refractivity contribution is 0.0409. The fraction of sp³-hybridized carbons (Fsp3) is 0.520. The average Bonchev–Trinajstić information content (AvgIpc) is 3.54. The van der Waals surface area contributed by atoms with Crippen molar-refractivity contribution < 1.29 is 13.7 Å². The minimum Gasteiger partial charge on any atom is -0.390 e. The van der Waals surface area contributed by atoms with Gasteiger partial charge in [-0.1, -0.05) is 19.9 Å². The van der Waals surface area contributed by atoms with E-state index in [9.17, 15) is 13.7 Å². The second kappa shape index (κ2) is 8.81. The molecule has 36 heavy (non-hydrogen) atoms. The largest absolute Gasteiger partial charge is 0.459 e. The minimum atomic E-state index is -1.56. The van der Waals surface area contributed by atoms with Crippen LogP contribution in [0.15, 0.2) is 30.7 Å². The van der Waals surface area contributed by atoms with Crippen molar-refractivity contribution in [2.75, 3.05) is 40.5 Å². The van der Waals surface area contributed by atoms with Gasteiger partial charge in [-0.25, -0.2) is 19.3 Å². The summed E-state index contributed by atoms with van der Waals surface area (Å²) in [6.45, 7) is 6.61. The zero-order chi connectivity index (χ0) is 25.0. The SMILES string of the molecule is CC(C)c1ccc(N2CC(C[S+]=O)C2)c2cnc(Nc3ncnc(N4CC[C@@H](O)[C@]5(F)CC45)n3)cc12. The molecule has 2 aromatic heterocycles. The molecule has 0 amide bonds. The van der Waals surface area contributed by atoms with Crippen LogP contribution < -0.4 is 15.1 Å². The summed E-state index contributed by atoms with van der Waals surface area (Å²) in [6, 6.07) is 5.96. The molecule has 2 N–H and O–H groups in total. The maximum absolute atomic E-state index is 14.7. The number of benzene rings is 1. The number of aromatic nitrogens is 4. The van der Waals surface area contributed by atoms with Crippen LogP contribution in [0.25, 0.3) is 10.8 Å². The molecule has 0 radical (unpaired) electrons. The molecule has 3 fully saturated rings. The average molecular weight is 511 g/mol. The minimum absolute atomic E-state index is 0.294. The smallest absolute Gasteiger partial charge is 0.390 e. The number of fused-ring (bicyclic) bond motifs is 2. The molecule has 188 valence electrons. The topological polar surface area (TPSA) is 107 Å². The van der Waals surface area contributed by atoms with Crippen molar-refractivity contribution in [1.82, 2.24) is 19.9 Å². The van der Waals surface area contributed by atoms with Gasteiger partial charge in [0.25, 0.3) is 0 Å². The van der Waals surface area contributed by atoms with E-state index in [0.29, 0.717) is 66.4 Å². The van der Waals surface area contributed by atoms with E-state index in [4.69, 9.17) is 0 Å². The number of nitrogens with one attached hydrogen (secondary N) is 1. The molecule has 2 aliphatic heterocycles. The van der Waals surface area contributed by atoms with Gasteiger partial charge in [0.05, 0.1) is 18.1 Å². The number of aliphatic hydroxyl groups is 1. The van der Waals surface area contributed by atoms with Gasteiger partial charge in [-0.3, -0.25) is 0 Å². The Morgan fingerprint density at radius 2 is 2.08 bits per heavy atom. The Kier molecular flexibility index (Phi) is 5.71. The monoisotopic (exact) mass is 510 g/mol.